The molecule has 0 aromatic rings. The Balaban J connectivity index is 2.31. The van der Waals surface area contributed by atoms with Gasteiger partial charge < -0.3 is 15.4 Å². The second-order valence-electron chi connectivity index (χ2n) is 2.23. The van der Waals surface area contributed by atoms with E-state index in [2.05, 4.69) is 15.4 Å². The van der Waals surface area contributed by atoms with Gasteiger partial charge in [0.1, 0.15) is 6.04 Å². The molecular formula is C6H12N2O2. The quantitative estimate of drug-likeness (QED) is 0.450. The molecule has 58 valence electrons. The first-order valence-corrected chi connectivity index (χ1v) is 3.36. The third kappa shape index (κ3) is 1.68. The summed E-state index contributed by atoms with van der Waals surface area (Å²) >= 11 is 0. The van der Waals surface area contributed by atoms with E-state index in [1.807, 2.05) is 0 Å². The van der Waals surface area contributed by atoms with Crippen molar-refractivity contribution in [1.29, 1.82) is 0 Å². The Labute approximate surface area is 59.9 Å². The first-order valence-electron chi connectivity index (χ1n) is 3.36. The molecule has 1 rings (SSSR count). The maximum atomic E-state index is 10.8. The maximum Gasteiger partial charge on any atom is 0.324 e. The summed E-state index contributed by atoms with van der Waals surface area (Å²) in [5.41, 5.74) is 0. The topological polar surface area (TPSA) is 50.4 Å². The predicted molar refractivity (Wildman–Crippen MR) is 36.7 cm³/mol. The number of hydrogen-bond donors (Lipinski definition) is 2. The molecule has 0 saturated carbocycles. The highest BCUT2D eigenvalue weighted by Gasteiger charge is 2.19. The van der Waals surface area contributed by atoms with Gasteiger partial charge in [0.15, 0.2) is 0 Å². The lowest BCUT2D eigenvalue weighted by Gasteiger charge is -2.21. The molecule has 0 bridgehead atoms. The Bertz CT molecular complexity index is 121. The van der Waals surface area contributed by atoms with Crippen molar-refractivity contribution in [2.24, 2.45) is 0 Å². The molecule has 0 aromatic heterocycles. The van der Waals surface area contributed by atoms with Gasteiger partial charge >= 0.3 is 5.97 Å². The zero-order chi connectivity index (χ0) is 7.40. The zero-order valence-corrected chi connectivity index (χ0v) is 6.02. The molecule has 1 aliphatic rings. The summed E-state index contributed by atoms with van der Waals surface area (Å²) in [4.78, 5) is 10.8. The third-order valence-corrected chi connectivity index (χ3v) is 1.53. The van der Waals surface area contributed by atoms with Crippen LogP contribution in [-0.2, 0) is 9.53 Å². The van der Waals surface area contributed by atoms with Gasteiger partial charge in [-0.05, 0) is 0 Å². The highest BCUT2D eigenvalue weighted by atomic mass is 16.5. The average Bonchev–Trinajstić information content (AvgIpc) is 2.05. The minimum atomic E-state index is -0.188. The summed E-state index contributed by atoms with van der Waals surface area (Å²) in [6.07, 6.45) is 0. The number of piperazine rings is 1. The fourth-order valence-corrected chi connectivity index (χ4v) is 0.962. The van der Waals surface area contributed by atoms with Crippen LogP contribution in [-0.4, -0.2) is 38.8 Å². The van der Waals surface area contributed by atoms with Crippen molar-refractivity contribution < 1.29 is 9.53 Å². The molecular weight excluding hydrogens is 132 g/mol. The summed E-state index contributed by atoms with van der Waals surface area (Å²) < 4.78 is 4.55. The van der Waals surface area contributed by atoms with Crippen molar-refractivity contribution in [2.45, 2.75) is 6.04 Å². The van der Waals surface area contributed by atoms with Gasteiger partial charge in [-0.1, -0.05) is 0 Å². The van der Waals surface area contributed by atoms with Crippen LogP contribution < -0.4 is 10.6 Å². The lowest BCUT2D eigenvalue weighted by Crippen LogP contribution is -2.52. The molecule has 0 aromatic carbocycles. The second-order valence-corrected chi connectivity index (χ2v) is 2.23. The van der Waals surface area contributed by atoms with Crippen LogP contribution in [0.15, 0.2) is 0 Å². The van der Waals surface area contributed by atoms with Crippen LogP contribution in [0, 0.1) is 0 Å². The second kappa shape index (κ2) is 3.53. The fourth-order valence-electron chi connectivity index (χ4n) is 0.962. The van der Waals surface area contributed by atoms with Gasteiger partial charge in [-0.25, -0.2) is 0 Å². The lowest BCUT2D eigenvalue weighted by atomic mass is 10.2. The van der Waals surface area contributed by atoms with Gasteiger partial charge in [0.25, 0.3) is 0 Å². The van der Waals surface area contributed by atoms with Crippen LogP contribution in [0.3, 0.4) is 0 Å². The van der Waals surface area contributed by atoms with Gasteiger partial charge in [-0.2, -0.15) is 0 Å². The number of carbonyl (C=O) groups is 1. The minimum Gasteiger partial charge on any atom is -0.468 e. The number of hydrogen-bond acceptors (Lipinski definition) is 4. The van der Waals surface area contributed by atoms with Gasteiger partial charge in [-0.15, -0.1) is 0 Å². The van der Waals surface area contributed by atoms with Gasteiger partial charge in [0.2, 0.25) is 0 Å². The van der Waals surface area contributed by atoms with Crippen molar-refractivity contribution >= 4 is 5.97 Å². The molecule has 0 amide bonds. The number of nitrogens with one attached hydrogen (secondary N) is 2. The number of methoxy groups -OCH3 is 1. The predicted octanol–water partition coefficient (Wildman–Crippen LogP) is -1.28. The van der Waals surface area contributed by atoms with Crippen LogP contribution >= 0.6 is 0 Å². The summed E-state index contributed by atoms with van der Waals surface area (Å²) in [7, 11) is 1.40. The molecule has 0 radical (unpaired) electrons. The van der Waals surface area contributed by atoms with Crippen LogP contribution in [0.25, 0.3) is 0 Å². The third-order valence-electron chi connectivity index (χ3n) is 1.53. The van der Waals surface area contributed by atoms with E-state index >= 15 is 0 Å². The lowest BCUT2D eigenvalue weighted by molar-refractivity contribution is -0.143. The number of esters is 1. The summed E-state index contributed by atoms with van der Waals surface area (Å²) in [5, 5.41) is 6.12. The van der Waals surface area contributed by atoms with E-state index in [0.29, 0.717) is 6.54 Å². The van der Waals surface area contributed by atoms with Crippen molar-refractivity contribution in [3.8, 4) is 0 Å². The summed E-state index contributed by atoms with van der Waals surface area (Å²) in [6.45, 7) is 2.43. The number of ether oxygens (including phenoxy) is 1. The molecule has 4 nitrogen and oxygen atoms in total. The minimum absolute atomic E-state index is 0.154. The van der Waals surface area contributed by atoms with Crippen molar-refractivity contribution in [3.63, 3.8) is 0 Å². The Hall–Kier alpha value is -0.610. The first-order chi connectivity index (χ1) is 4.84. The van der Waals surface area contributed by atoms with Gasteiger partial charge in [0.05, 0.1) is 7.11 Å². The fraction of sp³-hybridized carbons (Fsp3) is 0.833. The SMILES string of the molecule is COC(=O)C1CNCCN1. The van der Waals surface area contributed by atoms with Crippen LogP contribution in [0.4, 0.5) is 0 Å². The van der Waals surface area contributed by atoms with Crippen LogP contribution in [0.2, 0.25) is 0 Å². The Kier molecular flexibility index (Phi) is 2.65. The van der Waals surface area contributed by atoms with Gasteiger partial charge in [0, 0.05) is 19.6 Å². The standard InChI is InChI=1S/C6H12N2O2/c1-10-6(9)5-4-7-2-3-8-5/h5,7-8H,2-4H2,1H3. The molecule has 4 heteroatoms. The molecule has 1 saturated heterocycles. The summed E-state index contributed by atoms with van der Waals surface area (Å²) in [6, 6.07) is -0.154. The Morgan fingerprint density at radius 2 is 2.40 bits per heavy atom. The van der Waals surface area contributed by atoms with Crippen LogP contribution in [0.5, 0.6) is 0 Å². The molecule has 1 heterocycles. The molecule has 1 unspecified atom stereocenters. The van der Waals surface area contributed by atoms with Crippen molar-refractivity contribution in [3.05, 3.63) is 0 Å². The highest BCUT2D eigenvalue weighted by Crippen LogP contribution is 1.88. The molecule has 10 heavy (non-hydrogen) atoms. The van der Waals surface area contributed by atoms with E-state index in [0.717, 1.165) is 13.1 Å². The van der Waals surface area contributed by atoms with E-state index in [1.54, 1.807) is 0 Å². The van der Waals surface area contributed by atoms with Crippen molar-refractivity contribution in [1.82, 2.24) is 10.6 Å². The first kappa shape index (κ1) is 7.50. The van der Waals surface area contributed by atoms with E-state index in [4.69, 9.17) is 0 Å². The van der Waals surface area contributed by atoms with E-state index in [1.165, 1.54) is 7.11 Å². The highest BCUT2D eigenvalue weighted by molar-refractivity contribution is 5.76. The van der Waals surface area contributed by atoms with E-state index in [9.17, 15) is 4.79 Å². The Morgan fingerprint density at radius 3 is 2.90 bits per heavy atom. The molecule has 1 atom stereocenters. The van der Waals surface area contributed by atoms with E-state index in [-0.39, 0.29) is 12.0 Å². The largest absolute Gasteiger partial charge is 0.468 e. The monoisotopic (exact) mass is 144 g/mol. The molecule has 0 aliphatic carbocycles. The molecule has 2 N–H and O–H groups in total. The molecule has 0 spiro atoms. The normalized spacial score (nSPS) is 25.9. The van der Waals surface area contributed by atoms with Crippen LogP contribution in [0.1, 0.15) is 0 Å². The van der Waals surface area contributed by atoms with Crippen molar-refractivity contribution in [2.75, 3.05) is 26.7 Å². The molecule has 1 fully saturated rings. The molecule has 1 aliphatic heterocycles. The zero-order valence-electron chi connectivity index (χ0n) is 6.02. The average molecular weight is 144 g/mol. The smallest absolute Gasteiger partial charge is 0.324 e. The van der Waals surface area contributed by atoms with Gasteiger partial charge in [-0.3, -0.25) is 4.79 Å². The number of rotatable bonds is 1. The summed E-state index contributed by atoms with van der Waals surface area (Å²) in [5.74, 6) is -0.188. The Morgan fingerprint density at radius 1 is 1.60 bits per heavy atom. The van der Waals surface area contributed by atoms with E-state index < -0.39 is 0 Å². The number of carbonyl (C=O) groups excluding carboxylic acids is 1. The maximum absolute atomic E-state index is 10.8.